The molecule has 1 aromatic carbocycles. The minimum absolute atomic E-state index is 0.132. The van der Waals surface area contributed by atoms with Crippen molar-refractivity contribution in [3.8, 4) is 0 Å². The van der Waals surface area contributed by atoms with E-state index in [-0.39, 0.29) is 17.6 Å². The molecule has 0 bridgehead atoms. The number of fused-ring (bicyclic) bond motifs is 1. The largest absolute Gasteiger partial charge is 0.347 e. The summed E-state index contributed by atoms with van der Waals surface area (Å²) in [5.41, 5.74) is 1.92. The van der Waals surface area contributed by atoms with E-state index in [2.05, 4.69) is 5.32 Å². The van der Waals surface area contributed by atoms with E-state index >= 15 is 0 Å². The molecule has 126 valence electrons. The molecule has 1 aliphatic rings. The summed E-state index contributed by atoms with van der Waals surface area (Å²) in [5.74, 6) is -0.275. The normalized spacial score (nSPS) is 13.5. The molecular formula is C18H19FN2O2S. The Bertz CT molecular complexity index is 755. The Balaban J connectivity index is 1.63. The number of carbonyl (C=O) groups excluding carboxylic acids is 2. The van der Waals surface area contributed by atoms with Gasteiger partial charge in [-0.1, -0.05) is 19.1 Å². The van der Waals surface area contributed by atoms with Crippen molar-refractivity contribution < 1.29 is 14.0 Å². The molecule has 24 heavy (non-hydrogen) atoms. The van der Waals surface area contributed by atoms with Crippen LogP contribution < -0.4 is 5.32 Å². The SMILES string of the molecule is CCC(=O)N1CCc2sc(C(=O)NCc3ccc(F)cc3)cc2C1. The molecule has 0 spiro atoms. The predicted octanol–water partition coefficient (Wildman–Crippen LogP) is 3.11. The maximum atomic E-state index is 12.9. The Morgan fingerprint density at radius 2 is 2.04 bits per heavy atom. The van der Waals surface area contributed by atoms with Crippen LogP contribution in [-0.2, 0) is 24.3 Å². The first kappa shape index (κ1) is 16.6. The Morgan fingerprint density at radius 3 is 2.75 bits per heavy atom. The summed E-state index contributed by atoms with van der Waals surface area (Å²) < 4.78 is 12.9. The van der Waals surface area contributed by atoms with Gasteiger partial charge in [-0.25, -0.2) is 4.39 Å². The number of hydrogen-bond acceptors (Lipinski definition) is 3. The van der Waals surface area contributed by atoms with Crippen molar-refractivity contribution in [3.63, 3.8) is 0 Å². The highest BCUT2D eigenvalue weighted by molar-refractivity contribution is 7.14. The molecule has 2 heterocycles. The van der Waals surface area contributed by atoms with Crippen molar-refractivity contribution in [1.82, 2.24) is 10.2 Å². The lowest BCUT2D eigenvalue weighted by molar-refractivity contribution is -0.131. The molecule has 0 saturated heterocycles. The van der Waals surface area contributed by atoms with Crippen molar-refractivity contribution in [2.24, 2.45) is 0 Å². The highest BCUT2D eigenvalue weighted by atomic mass is 32.1. The zero-order chi connectivity index (χ0) is 17.1. The van der Waals surface area contributed by atoms with Gasteiger partial charge < -0.3 is 10.2 Å². The predicted molar refractivity (Wildman–Crippen MR) is 91.3 cm³/mol. The Kier molecular flexibility index (Phi) is 4.94. The maximum Gasteiger partial charge on any atom is 0.261 e. The van der Waals surface area contributed by atoms with Gasteiger partial charge in [-0.15, -0.1) is 11.3 Å². The van der Waals surface area contributed by atoms with Gasteiger partial charge in [0.2, 0.25) is 5.91 Å². The van der Waals surface area contributed by atoms with E-state index < -0.39 is 0 Å². The lowest BCUT2D eigenvalue weighted by Crippen LogP contribution is -2.34. The molecule has 3 rings (SSSR count). The van der Waals surface area contributed by atoms with E-state index in [9.17, 15) is 14.0 Å². The van der Waals surface area contributed by atoms with Crippen LogP contribution in [0.2, 0.25) is 0 Å². The standard InChI is InChI=1S/C18H19FN2O2S/c1-2-17(22)21-8-7-15-13(11-21)9-16(24-15)18(23)20-10-12-3-5-14(19)6-4-12/h3-6,9H,2,7-8,10-11H2,1H3,(H,20,23). The summed E-state index contributed by atoms with van der Waals surface area (Å²) in [6.07, 6.45) is 1.31. The second-order valence-corrected chi connectivity index (χ2v) is 6.92. The van der Waals surface area contributed by atoms with E-state index in [0.717, 1.165) is 24.1 Å². The average molecular weight is 346 g/mol. The Morgan fingerprint density at radius 1 is 1.29 bits per heavy atom. The maximum absolute atomic E-state index is 12.9. The van der Waals surface area contributed by atoms with Crippen molar-refractivity contribution in [3.05, 3.63) is 57.0 Å². The first-order valence-electron chi connectivity index (χ1n) is 7.99. The summed E-state index contributed by atoms with van der Waals surface area (Å²) in [7, 11) is 0. The average Bonchev–Trinajstić information content (AvgIpc) is 3.03. The van der Waals surface area contributed by atoms with Gasteiger partial charge >= 0.3 is 0 Å². The van der Waals surface area contributed by atoms with Crippen LogP contribution in [0.4, 0.5) is 4.39 Å². The minimum atomic E-state index is -0.290. The number of nitrogens with one attached hydrogen (secondary N) is 1. The molecule has 0 fully saturated rings. The second-order valence-electron chi connectivity index (χ2n) is 5.79. The second kappa shape index (κ2) is 7.13. The third-order valence-corrected chi connectivity index (χ3v) is 5.35. The first-order chi connectivity index (χ1) is 11.6. The summed E-state index contributed by atoms with van der Waals surface area (Å²) in [5, 5.41) is 2.86. The van der Waals surface area contributed by atoms with Crippen molar-refractivity contribution in [2.45, 2.75) is 32.9 Å². The van der Waals surface area contributed by atoms with Gasteiger partial charge in [0.1, 0.15) is 5.82 Å². The number of benzene rings is 1. The Hall–Kier alpha value is -2.21. The fraction of sp³-hybridized carbons (Fsp3) is 0.333. The van der Waals surface area contributed by atoms with Crippen LogP contribution in [0, 0.1) is 5.82 Å². The van der Waals surface area contributed by atoms with Crippen LogP contribution >= 0.6 is 11.3 Å². The van der Waals surface area contributed by atoms with Crippen LogP contribution in [0.1, 0.15) is 39.0 Å². The highest BCUT2D eigenvalue weighted by Gasteiger charge is 2.23. The summed E-state index contributed by atoms with van der Waals surface area (Å²) in [6.45, 7) is 3.53. The summed E-state index contributed by atoms with van der Waals surface area (Å²) in [4.78, 5) is 27.8. The molecule has 1 aliphatic heterocycles. The van der Waals surface area contributed by atoms with Gasteiger partial charge in [-0.05, 0) is 35.7 Å². The third kappa shape index (κ3) is 3.64. The Labute approximate surface area is 144 Å². The molecule has 0 atom stereocenters. The van der Waals surface area contributed by atoms with Gasteiger partial charge in [0.15, 0.2) is 0 Å². The smallest absolute Gasteiger partial charge is 0.261 e. The van der Waals surface area contributed by atoms with Crippen molar-refractivity contribution >= 4 is 23.2 Å². The molecule has 6 heteroatoms. The van der Waals surface area contributed by atoms with Gasteiger partial charge in [0.05, 0.1) is 4.88 Å². The first-order valence-corrected chi connectivity index (χ1v) is 8.80. The number of rotatable bonds is 4. The van der Waals surface area contributed by atoms with Gasteiger partial charge in [-0.2, -0.15) is 0 Å². The fourth-order valence-corrected chi connectivity index (χ4v) is 3.83. The van der Waals surface area contributed by atoms with Crippen LogP contribution in [0.15, 0.2) is 30.3 Å². The molecule has 1 N–H and O–H groups in total. The van der Waals surface area contributed by atoms with Crippen LogP contribution in [-0.4, -0.2) is 23.3 Å². The van der Waals surface area contributed by atoms with Gasteiger partial charge in [0.25, 0.3) is 5.91 Å². The van der Waals surface area contributed by atoms with Crippen LogP contribution in [0.25, 0.3) is 0 Å². The molecule has 0 saturated carbocycles. The van der Waals surface area contributed by atoms with Crippen LogP contribution in [0.5, 0.6) is 0 Å². The van der Waals surface area contributed by atoms with Crippen LogP contribution in [0.3, 0.4) is 0 Å². The summed E-state index contributed by atoms with van der Waals surface area (Å²) >= 11 is 1.49. The molecule has 4 nitrogen and oxygen atoms in total. The highest BCUT2D eigenvalue weighted by Crippen LogP contribution is 2.28. The minimum Gasteiger partial charge on any atom is -0.347 e. The molecule has 2 aromatic rings. The molecule has 0 aliphatic carbocycles. The quantitative estimate of drug-likeness (QED) is 0.925. The summed E-state index contributed by atoms with van der Waals surface area (Å²) in [6, 6.07) is 7.96. The number of carbonyl (C=O) groups is 2. The molecule has 0 unspecified atom stereocenters. The third-order valence-electron chi connectivity index (χ3n) is 4.11. The fourth-order valence-electron chi connectivity index (χ4n) is 2.75. The van der Waals surface area contributed by atoms with E-state index in [1.165, 1.54) is 28.3 Å². The number of hydrogen-bond donors (Lipinski definition) is 1. The molecular weight excluding hydrogens is 327 g/mol. The zero-order valence-corrected chi connectivity index (χ0v) is 14.3. The lowest BCUT2D eigenvalue weighted by atomic mass is 10.1. The van der Waals surface area contributed by atoms with E-state index in [0.29, 0.717) is 24.4 Å². The number of halogens is 1. The van der Waals surface area contributed by atoms with Crippen molar-refractivity contribution in [1.29, 1.82) is 0 Å². The lowest BCUT2D eigenvalue weighted by Gasteiger charge is -2.26. The van der Waals surface area contributed by atoms with Gasteiger partial charge in [0, 0.05) is 30.9 Å². The van der Waals surface area contributed by atoms with E-state index in [1.54, 1.807) is 12.1 Å². The monoisotopic (exact) mass is 346 g/mol. The molecule has 2 amide bonds. The number of nitrogens with zero attached hydrogens (tertiary/aromatic N) is 1. The molecule has 1 aromatic heterocycles. The zero-order valence-electron chi connectivity index (χ0n) is 13.5. The van der Waals surface area contributed by atoms with E-state index in [4.69, 9.17) is 0 Å². The van der Waals surface area contributed by atoms with E-state index in [1.807, 2.05) is 17.9 Å². The molecule has 0 radical (unpaired) electrons. The number of amides is 2. The topological polar surface area (TPSA) is 49.4 Å². The van der Waals surface area contributed by atoms with Gasteiger partial charge in [-0.3, -0.25) is 9.59 Å². The van der Waals surface area contributed by atoms with Crippen molar-refractivity contribution in [2.75, 3.05) is 6.54 Å². The number of thiophene rings is 1.